The summed E-state index contributed by atoms with van der Waals surface area (Å²) in [5.41, 5.74) is 7.11. The first-order valence-electron chi connectivity index (χ1n) is 9.72. The average molecular weight is 460 g/mol. The van der Waals surface area contributed by atoms with E-state index in [1.54, 1.807) is 30.3 Å². The molecule has 0 bridgehead atoms. The Labute approximate surface area is 180 Å². The summed E-state index contributed by atoms with van der Waals surface area (Å²) < 4.78 is 84.7. The highest BCUT2D eigenvalue weighted by Crippen LogP contribution is 2.50. The van der Waals surface area contributed by atoms with Gasteiger partial charge in [-0.05, 0) is 49.1 Å². The van der Waals surface area contributed by atoms with E-state index < -0.39 is 46.4 Å². The first kappa shape index (κ1) is 24.1. The summed E-state index contributed by atoms with van der Waals surface area (Å²) in [6.07, 6.45) is -10.7. The largest absolute Gasteiger partial charge is 0.416 e. The van der Waals surface area contributed by atoms with E-state index in [-0.39, 0.29) is 31.1 Å². The Bertz CT molecular complexity index is 950. The smallest absolute Gasteiger partial charge is 0.373 e. The molecule has 0 saturated heterocycles. The van der Waals surface area contributed by atoms with Crippen molar-refractivity contribution in [3.63, 3.8) is 0 Å². The van der Waals surface area contributed by atoms with Crippen molar-refractivity contribution >= 4 is 5.91 Å². The molecule has 1 aliphatic carbocycles. The second-order valence-electron chi connectivity index (χ2n) is 8.31. The van der Waals surface area contributed by atoms with Gasteiger partial charge in [-0.1, -0.05) is 30.3 Å². The van der Waals surface area contributed by atoms with Crippen LogP contribution in [0.4, 0.5) is 26.3 Å². The number of halogens is 6. The van der Waals surface area contributed by atoms with Gasteiger partial charge in [0.25, 0.3) is 0 Å². The molecule has 0 heterocycles. The highest BCUT2D eigenvalue weighted by molar-refractivity contribution is 5.86. The van der Waals surface area contributed by atoms with E-state index in [1.807, 2.05) is 0 Å². The second-order valence-corrected chi connectivity index (χ2v) is 8.31. The van der Waals surface area contributed by atoms with Crippen molar-refractivity contribution in [2.24, 2.45) is 11.5 Å². The molecule has 4 nitrogen and oxygen atoms in total. The summed E-state index contributed by atoms with van der Waals surface area (Å²) in [7, 11) is 0. The second kappa shape index (κ2) is 8.08. The molecule has 1 amide bonds. The molecule has 0 spiro atoms. The van der Waals surface area contributed by atoms with E-state index in [1.165, 1.54) is 6.92 Å². The number of benzene rings is 2. The predicted molar refractivity (Wildman–Crippen MR) is 104 cm³/mol. The molecule has 32 heavy (non-hydrogen) atoms. The van der Waals surface area contributed by atoms with Crippen LogP contribution in [-0.2, 0) is 27.3 Å². The Balaban J connectivity index is 1.87. The first-order valence-corrected chi connectivity index (χ1v) is 9.72. The lowest BCUT2D eigenvalue weighted by Gasteiger charge is -2.53. The van der Waals surface area contributed by atoms with Crippen LogP contribution in [0.3, 0.4) is 0 Å². The van der Waals surface area contributed by atoms with Crippen LogP contribution in [-0.4, -0.2) is 18.1 Å². The van der Waals surface area contributed by atoms with Crippen LogP contribution in [0, 0.1) is 0 Å². The highest BCUT2D eigenvalue weighted by atomic mass is 19.4. The molecule has 174 valence electrons. The SMILES string of the molecule is C[C@@H](OCC1(c2ccccc2)CC(N)(C(N)=O)C1)c1cc(C(F)(F)F)cc(C(F)(F)F)c1. The maximum absolute atomic E-state index is 13.2. The lowest BCUT2D eigenvalue weighted by molar-refractivity contribution is -0.143. The Hall–Kier alpha value is -2.59. The molecule has 2 aromatic carbocycles. The molecule has 1 fully saturated rings. The summed E-state index contributed by atoms with van der Waals surface area (Å²) in [4.78, 5) is 11.7. The molecule has 0 radical (unpaired) electrons. The molecule has 3 rings (SSSR count). The van der Waals surface area contributed by atoms with Crippen molar-refractivity contribution in [1.82, 2.24) is 0 Å². The summed E-state index contributed by atoms with van der Waals surface area (Å²) in [6.45, 7) is 1.30. The number of rotatable bonds is 6. The molecular weight excluding hydrogens is 438 g/mol. The minimum atomic E-state index is -4.95. The van der Waals surface area contributed by atoms with Gasteiger partial charge in [-0.25, -0.2) is 0 Å². The Morgan fingerprint density at radius 1 is 1.00 bits per heavy atom. The average Bonchev–Trinajstić information content (AvgIpc) is 2.68. The van der Waals surface area contributed by atoms with E-state index in [9.17, 15) is 31.1 Å². The van der Waals surface area contributed by atoms with Gasteiger partial charge in [0.15, 0.2) is 0 Å². The van der Waals surface area contributed by atoms with Crippen LogP contribution in [0.15, 0.2) is 48.5 Å². The fourth-order valence-corrected chi connectivity index (χ4v) is 4.11. The van der Waals surface area contributed by atoms with Gasteiger partial charge in [0.1, 0.15) is 0 Å². The van der Waals surface area contributed by atoms with Crippen LogP contribution in [0.1, 0.15) is 48.1 Å². The minimum Gasteiger partial charge on any atom is -0.373 e. The Morgan fingerprint density at radius 2 is 1.50 bits per heavy atom. The van der Waals surface area contributed by atoms with Crippen LogP contribution >= 0.6 is 0 Å². The molecule has 1 atom stereocenters. The summed E-state index contributed by atoms with van der Waals surface area (Å²) >= 11 is 0. The third kappa shape index (κ3) is 4.75. The number of ether oxygens (including phenoxy) is 1. The summed E-state index contributed by atoms with van der Waals surface area (Å²) in [6, 6.07) is 10.3. The van der Waals surface area contributed by atoms with Crippen molar-refractivity contribution in [3.05, 3.63) is 70.8 Å². The third-order valence-corrected chi connectivity index (χ3v) is 5.87. The number of hydrogen-bond donors (Lipinski definition) is 2. The van der Waals surface area contributed by atoms with Crippen molar-refractivity contribution in [2.45, 2.75) is 49.2 Å². The molecule has 10 heteroatoms. The normalized spacial score (nSPS) is 24.6. The van der Waals surface area contributed by atoms with Gasteiger partial charge in [0.2, 0.25) is 5.91 Å². The number of carbonyl (C=O) groups excluding carboxylic acids is 1. The quantitative estimate of drug-likeness (QED) is 0.613. The number of carbonyl (C=O) groups is 1. The fraction of sp³-hybridized carbons (Fsp3) is 0.409. The minimum absolute atomic E-state index is 0.0675. The van der Waals surface area contributed by atoms with Gasteiger partial charge >= 0.3 is 12.4 Å². The standard InChI is InChI=1S/C22H22F6N2O2/c1-13(14-7-16(21(23,24)25)9-17(8-14)22(26,27)28)32-12-19(15-5-3-2-4-6-15)10-20(30,11-19)18(29)31/h2-9,13H,10-12,30H2,1H3,(H2,29,31)/t13-,19?,20?/m1/s1. The van der Waals surface area contributed by atoms with E-state index in [4.69, 9.17) is 16.2 Å². The van der Waals surface area contributed by atoms with Crippen molar-refractivity contribution in [3.8, 4) is 0 Å². The summed E-state index contributed by atoms with van der Waals surface area (Å²) in [5, 5.41) is 0. The van der Waals surface area contributed by atoms with Crippen LogP contribution in [0.25, 0.3) is 0 Å². The monoisotopic (exact) mass is 460 g/mol. The maximum Gasteiger partial charge on any atom is 0.416 e. The molecule has 0 unspecified atom stereocenters. The maximum atomic E-state index is 13.2. The zero-order valence-corrected chi connectivity index (χ0v) is 17.1. The number of nitrogens with two attached hydrogens (primary N) is 2. The molecule has 4 N–H and O–H groups in total. The molecular formula is C22H22F6N2O2. The van der Waals surface area contributed by atoms with E-state index >= 15 is 0 Å². The molecule has 2 aromatic rings. The zero-order valence-electron chi connectivity index (χ0n) is 17.1. The van der Waals surface area contributed by atoms with Crippen LogP contribution in [0.5, 0.6) is 0 Å². The van der Waals surface area contributed by atoms with Crippen molar-refractivity contribution in [2.75, 3.05) is 6.61 Å². The molecule has 1 aliphatic rings. The molecule has 0 aromatic heterocycles. The van der Waals surface area contributed by atoms with E-state index in [2.05, 4.69) is 0 Å². The van der Waals surface area contributed by atoms with Gasteiger partial charge in [-0.2, -0.15) is 26.3 Å². The van der Waals surface area contributed by atoms with Gasteiger partial charge < -0.3 is 16.2 Å². The number of amides is 1. The third-order valence-electron chi connectivity index (χ3n) is 5.87. The van der Waals surface area contributed by atoms with Gasteiger partial charge in [0.05, 0.1) is 29.4 Å². The number of alkyl halides is 6. The highest BCUT2D eigenvalue weighted by Gasteiger charge is 2.57. The molecule has 0 aliphatic heterocycles. The first-order chi connectivity index (χ1) is 14.7. The Morgan fingerprint density at radius 3 is 1.94 bits per heavy atom. The van der Waals surface area contributed by atoms with Gasteiger partial charge in [0, 0.05) is 5.41 Å². The van der Waals surface area contributed by atoms with E-state index in [0.29, 0.717) is 12.1 Å². The van der Waals surface area contributed by atoms with Crippen molar-refractivity contribution in [1.29, 1.82) is 0 Å². The number of hydrogen-bond acceptors (Lipinski definition) is 3. The lowest BCUT2D eigenvalue weighted by Crippen LogP contribution is -2.68. The van der Waals surface area contributed by atoms with Gasteiger partial charge in [-0.3, -0.25) is 4.79 Å². The van der Waals surface area contributed by atoms with Crippen molar-refractivity contribution < 1.29 is 35.9 Å². The molecule has 1 saturated carbocycles. The Kier molecular flexibility index (Phi) is 6.07. The van der Waals surface area contributed by atoms with Crippen LogP contribution in [0.2, 0.25) is 0 Å². The topological polar surface area (TPSA) is 78.3 Å². The zero-order chi connectivity index (χ0) is 23.9. The predicted octanol–water partition coefficient (Wildman–Crippen LogP) is 4.72. The van der Waals surface area contributed by atoms with E-state index in [0.717, 1.165) is 5.56 Å². The fourth-order valence-electron chi connectivity index (χ4n) is 4.11. The van der Waals surface area contributed by atoms with Gasteiger partial charge in [-0.15, -0.1) is 0 Å². The number of primary amides is 1. The lowest BCUT2D eigenvalue weighted by atomic mass is 9.55. The summed E-state index contributed by atoms with van der Waals surface area (Å²) in [5.74, 6) is -0.690. The van der Waals surface area contributed by atoms with Crippen LogP contribution < -0.4 is 11.5 Å².